The topological polar surface area (TPSA) is 0 Å². The van der Waals surface area contributed by atoms with E-state index in [-0.39, 0.29) is 38.2 Å². The molecule has 31 heavy (non-hydrogen) atoms. The normalized spacial score (nSPS) is 11.4. The Kier molecular flexibility index (Phi) is 4.47. The minimum atomic E-state index is -0.956. The highest BCUT2D eigenvalue weighted by molar-refractivity contribution is 6.21. The third-order valence-electron chi connectivity index (χ3n) is 5.40. The second-order valence-electron chi connectivity index (χ2n) is 7.18. The number of hydrogen-bond acceptors (Lipinski definition) is 0. The van der Waals surface area contributed by atoms with Crippen molar-refractivity contribution in [2.75, 3.05) is 0 Å². The number of fused-ring (bicyclic) bond motifs is 2. The van der Waals surface area contributed by atoms with E-state index in [4.69, 9.17) is 0 Å². The molecule has 0 saturated heterocycles. The van der Waals surface area contributed by atoms with Crippen LogP contribution >= 0.6 is 0 Å². The summed E-state index contributed by atoms with van der Waals surface area (Å²) in [5.74, 6) is -4.00. The van der Waals surface area contributed by atoms with Crippen LogP contribution in [0.4, 0.5) is 22.0 Å². The lowest BCUT2D eigenvalue weighted by atomic mass is 9.85. The summed E-state index contributed by atoms with van der Waals surface area (Å²) in [5.41, 5.74) is 0.481. The Morgan fingerprint density at radius 2 is 1.10 bits per heavy atom. The molecule has 0 aromatic heterocycles. The summed E-state index contributed by atoms with van der Waals surface area (Å²) in [6.45, 7) is 0. The van der Waals surface area contributed by atoms with Gasteiger partial charge in [-0.15, -0.1) is 0 Å². The van der Waals surface area contributed by atoms with Crippen LogP contribution in [0.2, 0.25) is 0 Å². The first-order valence-corrected chi connectivity index (χ1v) is 9.50. The molecule has 0 aliphatic rings. The van der Waals surface area contributed by atoms with Crippen LogP contribution in [0.15, 0.2) is 78.9 Å². The Morgan fingerprint density at radius 3 is 1.77 bits per heavy atom. The maximum absolute atomic E-state index is 15.2. The molecule has 0 aliphatic carbocycles. The van der Waals surface area contributed by atoms with Crippen LogP contribution in [0.25, 0.3) is 43.8 Å². The first kappa shape index (κ1) is 19.2. The van der Waals surface area contributed by atoms with Gasteiger partial charge in [-0.1, -0.05) is 42.5 Å². The molecule has 0 atom stereocenters. The number of benzene rings is 5. The molecule has 0 bridgehead atoms. The number of hydrogen-bond donors (Lipinski definition) is 0. The molecule has 0 aliphatic heterocycles. The van der Waals surface area contributed by atoms with E-state index < -0.39 is 29.1 Å². The molecule has 0 N–H and O–H groups in total. The van der Waals surface area contributed by atoms with E-state index in [1.54, 1.807) is 30.3 Å². The van der Waals surface area contributed by atoms with Gasteiger partial charge in [0.05, 0.1) is 0 Å². The first-order chi connectivity index (χ1) is 15.0. The van der Waals surface area contributed by atoms with Gasteiger partial charge in [-0.2, -0.15) is 0 Å². The standard InChI is InChI=1S/C26H13F5/c27-15-9-10-16(21(31)13-15)23-17-7-4-8-18(28)24(17)22(14-5-2-1-3-6-14)25-19(29)11-12-20(30)26(23)25/h1-13H. The molecule has 0 saturated carbocycles. The van der Waals surface area contributed by atoms with Crippen molar-refractivity contribution in [1.82, 2.24) is 0 Å². The fraction of sp³-hybridized carbons (Fsp3) is 0. The molecule has 0 fully saturated rings. The van der Waals surface area contributed by atoms with Crippen molar-refractivity contribution in [3.63, 3.8) is 0 Å². The SMILES string of the molecule is Fc1ccc(-c2c3cccc(F)c3c(-c3ccccc3)c3c(F)ccc(F)c23)c(F)c1. The van der Waals surface area contributed by atoms with Crippen molar-refractivity contribution in [3.05, 3.63) is 108 Å². The smallest absolute Gasteiger partial charge is 0.133 e. The molecule has 5 rings (SSSR count). The van der Waals surface area contributed by atoms with Gasteiger partial charge in [-0.05, 0) is 41.3 Å². The van der Waals surface area contributed by atoms with Gasteiger partial charge in [-0.25, -0.2) is 22.0 Å². The second-order valence-corrected chi connectivity index (χ2v) is 7.18. The van der Waals surface area contributed by atoms with E-state index in [0.29, 0.717) is 11.6 Å². The van der Waals surface area contributed by atoms with Gasteiger partial charge in [0.15, 0.2) is 0 Å². The summed E-state index contributed by atoms with van der Waals surface area (Å²) in [4.78, 5) is 0. The molecule has 5 aromatic carbocycles. The van der Waals surface area contributed by atoms with Crippen molar-refractivity contribution in [2.24, 2.45) is 0 Å². The Balaban J connectivity index is 2.12. The van der Waals surface area contributed by atoms with Gasteiger partial charge in [-0.3, -0.25) is 0 Å². The first-order valence-electron chi connectivity index (χ1n) is 9.50. The molecule has 152 valence electrons. The van der Waals surface area contributed by atoms with E-state index in [2.05, 4.69) is 0 Å². The van der Waals surface area contributed by atoms with E-state index in [9.17, 15) is 8.78 Å². The third kappa shape index (κ3) is 2.96. The lowest BCUT2D eigenvalue weighted by Gasteiger charge is -2.19. The molecule has 0 spiro atoms. The van der Waals surface area contributed by atoms with Gasteiger partial charge < -0.3 is 0 Å². The predicted molar refractivity (Wildman–Crippen MR) is 112 cm³/mol. The Hall–Kier alpha value is -3.73. The molecular weight excluding hydrogens is 407 g/mol. The van der Waals surface area contributed by atoms with Crippen LogP contribution in [-0.4, -0.2) is 0 Å². The zero-order valence-electron chi connectivity index (χ0n) is 15.9. The van der Waals surface area contributed by atoms with E-state index in [1.807, 2.05) is 0 Å². The van der Waals surface area contributed by atoms with Crippen molar-refractivity contribution in [3.8, 4) is 22.3 Å². The van der Waals surface area contributed by atoms with Gasteiger partial charge in [0, 0.05) is 38.9 Å². The molecule has 0 nitrogen and oxygen atoms in total. The van der Waals surface area contributed by atoms with Gasteiger partial charge >= 0.3 is 0 Å². The molecular formula is C26H13F5. The van der Waals surface area contributed by atoms with Crippen molar-refractivity contribution in [2.45, 2.75) is 0 Å². The zero-order valence-corrected chi connectivity index (χ0v) is 15.9. The van der Waals surface area contributed by atoms with Crippen molar-refractivity contribution in [1.29, 1.82) is 0 Å². The highest BCUT2D eigenvalue weighted by atomic mass is 19.1. The third-order valence-corrected chi connectivity index (χ3v) is 5.40. The predicted octanol–water partition coefficient (Wildman–Crippen LogP) is 8.02. The summed E-state index contributed by atoms with van der Waals surface area (Å²) in [6.07, 6.45) is 0. The minimum Gasteiger partial charge on any atom is -0.207 e. The van der Waals surface area contributed by atoms with Crippen LogP contribution < -0.4 is 0 Å². The summed E-state index contributed by atoms with van der Waals surface area (Å²) >= 11 is 0. The van der Waals surface area contributed by atoms with Crippen LogP contribution in [0.3, 0.4) is 0 Å². The summed E-state index contributed by atoms with van der Waals surface area (Å²) in [6, 6.07) is 17.4. The average molecular weight is 420 g/mol. The van der Waals surface area contributed by atoms with Crippen molar-refractivity contribution >= 4 is 21.5 Å². The molecule has 5 aromatic rings. The van der Waals surface area contributed by atoms with E-state index >= 15 is 13.2 Å². The maximum atomic E-state index is 15.2. The van der Waals surface area contributed by atoms with Crippen LogP contribution in [-0.2, 0) is 0 Å². The monoisotopic (exact) mass is 420 g/mol. The highest BCUT2D eigenvalue weighted by Gasteiger charge is 2.24. The average Bonchev–Trinajstić information content (AvgIpc) is 2.76. The molecule has 5 heteroatoms. The fourth-order valence-electron chi connectivity index (χ4n) is 4.15. The van der Waals surface area contributed by atoms with Gasteiger partial charge in [0.2, 0.25) is 0 Å². The minimum absolute atomic E-state index is 0.0290. The van der Waals surface area contributed by atoms with Crippen LogP contribution in [0.1, 0.15) is 0 Å². The lowest BCUT2D eigenvalue weighted by molar-refractivity contribution is 0.585. The summed E-state index contributed by atoms with van der Waals surface area (Å²) in [7, 11) is 0. The lowest BCUT2D eigenvalue weighted by Crippen LogP contribution is -1.98. The Bertz CT molecular complexity index is 1470. The molecule has 0 amide bonds. The van der Waals surface area contributed by atoms with Gasteiger partial charge in [0.25, 0.3) is 0 Å². The molecule has 0 radical (unpaired) electrons. The fourth-order valence-corrected chi connectivity index (χ4v) is 4.15. The van der Waals surface area contributed by atoms with E-state index in [0.717, 1.165) is 24.3 Å². The summed E-state index contributed by atoms with van der Waals surface area (Å²) < 4.78 is 73.9. The molecule has 0 unspecified atom stereocenters. The Labute approximate surface area is 174 Å². The highest BCUT2D eigenvalue weighted by Crippen LogP contribution is 2.46. The van der Waals surface area contributed by atoms with Crippen molar-refractivity contribution < 1.29 is 22.0 Å². The quantitative estimate of drug-likeness (QED) is 0.200. The van der Waals surface area contributed by atoms with Crippen LogP contribution in [0.5, 0.6) is 0 Å². The summed E-state index contributed by atoms with van der Waals surface area (Å²) in [5, 5.41) is -0.129. The van der Waals surface area contributed by atoms with Crippen LogP contribution in [0, 0.1) is 29.1 Å². The maximum Gasteiger partial charge on any atom is 0.133 e. The second kappa shape index (κ2) is 7.20. The largest absolute Gasteiger partial charge is 0.207 e. The van der Waals surface area contributed by atoms with E-state index in [1.165, 1.54) is 18.2 Å². The molecule has 0 heterocycles. The zero-order chi connectivity index (χ0) is 21.7. The number of rotatable bonds is 2. The number of halogens is 5. The van der Waals surface area contributed by atoms with Gasteiger partial charge in [0.1, 0.15) is 29.1 Å². The Morgan fingerprint density at radius 1 is 0.452 bits per heavy atom.